The van der Waals surface area contributed by atoms with Crippen LogP contribution in [0.2, 0.25) is 0 Å². The van der Waals surface area contributed by atoms with Gasteiger partial charge in [-0.05, 0) is 18.9 Å². The van der Waals surface area contributed by atoms with E-state index in [9.17, 15) is 23.1 Å². The number of hydrogen-bond donors (Lipinski definition) is 3. The molecule has 1 amide bonds. The molecule has 7 heteroatoms. The van der Waals surface area contributed by atoms with Crippen molar-refractivity contribution in [1.29, 1.82) is 0 Å². The summed E-state index contributed by atoms with van der Waals surface area (Å²) in [5, 5.41) is 14.3. The van der Waals surface area contributed by atoms with Crippen molar-refractivity contribution < 1.29 is 23.1 Å². The van der Waals surface area contributed by atoms with Crippen molar-refractivity contribution in [3.63, 3.8) is 0 Å². The van der Waals surface area contributed by atoms with Crippen LogP contribution >= 0.6 is 0 Å². The predicted octanol–water partition coefficient (Wildman–Crippen LogP) is 0.661. The summed E-state index contributed by atoms with van der Waals surface area (Å²) in [5.74, 6) is -1.17. The van der Waals surface area contributed by atoms with Crippen molar-refractivity contribution in [2.24, 2.45) is 11.3 Å². The predicted molar refractivity (Wildman–Crippen MR) is 59.8 cm³/mol. The Morgan fingerprint density at radius 2 is 2.11 bits per heavy atom. The first-order valence-corrected chi connectivity index (χ1v) is 5.94. The van der Waals surface area contributed by atoms with Crippen LogP contribution < -0.4 is 10.6 Å². The Morgan fingerprint density at radius 1 is 1.50 bits per heavy atom. The monoisotopic (exact) mass is 268 g/mol. The molecule has 0 aliphatic carbocycles. The fraction of sp³-hybridized carbons (Fsp3) is 0.909. The highest BCUT2D eigenvalue weighted by atomic mass is 19.4. The van der Waals surface area contributed by atoms with Crippen LogP contribution in [0.4, 0.5) is 13.2 Å². The quantitative estimate of drug-likeness (QED) is 0.702. The van der Waals surface area contributed by atoms with Crippen molar-refractivity contribution >= 4 is 5.91 Å². The van der Waals surface area contributed by atoms with Crippen molar-refractivity contribution in [3.8, 4) is 0 Å². The third kappa shape index (κ3) is 2.95. The highest BCUT2D eigenvalue weighted by molar-refractivity contribution is 5.84. The summed E-state index contributed by atoms with van der Waals surface area (Å²) in [6, 6.07) is 0. The first-order chi connectivity index (χ1) is 8.21. The smallest absolute Gasteiger partial charge is 0.391 e. The van der Waals surface area contributed by atoms with Crippen molar-refractivity contribution in [1.82, 2.24) is 10.6 Å². The molecule has 18 heavy (non-hydrogen) atoms. The highest BCUT2D eigenvalue weighted by Crippen LogP contribution is 2.43. The molecule has 0 bridgehead atoms. The van der Waals surface area contributed by atoms with Gasteiger partial charge in [-0.2, -0.15) is 13.2 Å². The number of halogens is 3. The number of aliphatic hydroxyl groups excluding tert-OH is 1. The van der Waals surface area contributed by atoms with E-state index in [0.717, 1.165) is 0 Å². The van der Waals surface area contributed by atoms with Gasteiger partial charge >= 0.3 is 6.18 Å². The molecule has 3 N–H and O–H groups in total. The highest BCUT2D eigenvalue weighted by Gasteiger charge is 2.61. The number of carbonyl (C=O) groups is 1. The van der Waals surface area contributed by atoms with Gasteiger partial charge in [0.25, 0.3) is 0 Å². The lowest BCUT2D eigenvalue weighted by Gasteiger charge is -2.30. The molecule has 2 atom stereocenters. The topological polar surface area (TPSA) is 61.4 Å². The van der Waals surface area contributed by atoms with Gasteiger partial charge in [-0.25, -0.2) is 0 Å². The van der Waals surface area contributed by atoms with E-state index in [1.54, 1.807) is 13.8 Å². The van der Waals surface area contributed by atoms with E-state index >= 15 is 0 Å². The van der Waals surface area contributed by atoms with Gasteiger partial charge in [-0.15, -0.1) is 0 Å². The summed E-state index contributed by atoms with van der Waals surface area (Å²) in [5.41, 5.74) is -2.36. The zero-order chi connectivity index (χ0) is 14.0. The average molecular weight is 268 g/mol. The maximum atomic E-state index is 13.0. The Morgan fingerprint density at radius 3 is 2.50 bits per heavy atom. The summed E-state index contributed by atoms with van der Waals surface area (Å²) in [4.78, 5) is 11.8. The van der Waals surface area contributed by atoms with Crippen molar-refractivity contribution in [2.45, 2.75) is 32.5 Å². The third-order valence-corrected chi connectivity index (χ3v) is 3.37. The summed E-state index contributed by atoms with van der Waals surface area (Å²) >= 11 is 0. The zero-order valence-electron chi connectivity index (χ0n) is 10.5. The van der Waals surface area contributed by atoms with Gasteiger partial charge in [0.1, 0.15) is 0 Å². The number of hydrogen-bond acceptors (Lipinski definition) is 3. The number of nitrogens with one attached hydrogen (secondary N) is 2. The Kier molecular flexibility index (Phi) is 4.61. The van der Waals surface area contributed by atoms with Gasteiger partial charge in [0, 0.05) is 13.1 Å². The number of rotatable bonds is 4. The fourth-order valence-corrected chi connectivity index (χ4v) is 1.86. The summed E-state index contributed by atoms with van der Waals surface area (Å²) in [6.07, 6.45) is -5.68. The van der Waals surface area contributed by atoms with Gasteiger partial charge in [0.2, 0.25) is 5.91 Å². The minimum atomic E-state index is -4.58. The minimum absolute atomic E-state index is 0.117. The first-order valence-electron chi connectivity index (χ1n) is 5.94. The Labute approximate surface area is 104 Å². The molecule has 1 rings (SSSR count). The zero-order valence-corrected chi connectivity index (χ0v) is 10.5. The fourth-order valence-electron chi connectivity index (χ4n) is 1.86. The van der Waals surface area contributed by atoms with Crippen LogP contribution in [0.5, 0.6) is 0 Å². The number of carbonyl (C=O) groups excluding carboxylic acids is 1. The van der Waals surface area contributed by atoms with Crippen molar-refractivity contribution in [3.05, 3.63) is 0 Å². The van der Waals surface area contributed by atoms with Gasteiger partial charge in [-0.3, -0.25) is 4.79 Å². The minimum Gasteiger partial charge on any atom is -0.391 e. The van der Waals surface area contributed by atoms with E-state index in [4.69, 9.17) is 0 Å². The summed E-state index contributed by atoms with van der Waals surface area (Å²) in [6.45, 7) is 3.06. The average Bonchev–Trinajstić information content (AvgIpc) is 2.74. The van der Waals surface area contributed by atoms with Crippen LogP contribution in [-0.2, 0) is 4.79 Å². The molecule has 2 unspecified atom stereocenters. The molecule has 0 saturated carbocycles. The Balaban J connectivity index is 2.68. The van der Waals surface area contributed by atoms with E-state index in [2.05, 4.69) is 10.6 Å². The second-order valence-corrected chi connectivity index (χ2v) is 5.03. The number of aliphatic hydroxyl groups is 1. The number of alkyl halides is 3. The van der Waals surface area contributed by atoms with Crippen LogP contribution in [0.15, 0.2) is 0 Å². The van der Waals surface area contributed by atoms with Gasteiger partial charge in [0.15, 0.2) is 5.41 Å². The molecule has 1 aliphatic rings. The molecule has 1 fully saturated rings. The molecule has 0 aromatic rings. The van der Waals surface area contributed by atoms with Gasteiger partial charge in [-0.1, -0.05) is 13.8 Å². The molecule has 1 saturated heterocycles. The second-order valence-electron chi connectivity index (χ2n) is 5.03. The molecule has 1 heterocycles. The van der Waals surface area contributed by atoms with E-state index in [1.165, 1.54) is 0 Å². The molecule has 106 valence electrons. The largest absolute Gasteiger partial charge is 0.404 e. The van der Waals surface area contributed by atoms with Crippen LogP contribution in [0.3, 0.4) is 0 Å². The lowest BCUT2D eigenvalue weighted by Crippen LogP contribution is -2.53. The molecule has 4 nitrogen and oxygen atoms in total. The maximum Gasteiger partial charge on any atom is 0.404 e. The van der Waals surface area contributed by atoms with Crippen LogP contribution in [0.25, 0.3) is 0 Å². The van der Waals surface area contributed by atoms with E-state index in [-0.39, 0.29) is 25.4 Å². The first kappa shape index (κ1) is 15.2. The molecule has 0 radical (unpaired) electrons. The van der Waals surface area contributed by atoms with Crippen LogP contribution in [0.1, 0.15) is 20.3 Å². The normalized spacial score (nSPS) is 26.4. The van der Waals surface area contributed by atoms with E-state index in [0.29, 0.717) is 0 Å². The Bertz CT molecular complexity index is 299. The third-order valence-electron chi connectivity index (χ3n) is 3.37. The van der Waals surface area contributed by atoms with Crippen LogP contribution in [0, 0.1) is 11.3 Å². The lowest BCUT2D eigenvalue weighted by atomic mass is 9.85. The SMILES string of the molecule is CC(C)C(O)CNC(=O)C1(C(F)(F)F)CCNC1. The molecule has 0 aromatic heterocycles. The molecular formula is C11H19F3N2O2. The van der Waals surface area contributed by atoms with Gasteiger partial charge in [0.05, 0.1) is 6.10 Å². The lowest BCUT2D eigenvalue weighted by molar-refractivity contribution is -0.216. The molecular weight excluding hydrogens is 249 g/mol. The second kappa shape index (κ2) is 5.44. The summed E-state index contributed by atoms with van der Waals surface area (Å²) < 4.78 is 39.0. The summed E-state index contributed by atoms with van der Waals surface area (Å²) in [7, 11) is 0. The standard InChI is InChI=1S/C11H19F3N2O2/c1-7(2)8(17)5-16-9(18)10(11(12,13)14)3-4-15-6-10/h7-8,15,17H,3-6H2,1-2H3,(H,16,18). The maximum absolute atomic E-state index is 13.0. The van der Waals surface area contributed by atoms with Gasteiger partial charge < -0.3 is 15.7 Å². The molecule has 0 spiro atoms. The van der Waals surface area contributed by atoms with E-state index < -0.39 is 30.1 Å². The molecule has 0 aromatic carbocycles. The van der Waals surface area contributed by atoms with E-state index in [1.807, 2.05) is 0 Å². The van der Waals surface area contributed by atoms with Crippen molar-refractivity contribution in [2.75, 3.05) is 19.6 Å². The van der Waals surface area contributed by atoms with Crippen LogP contribution in [-0.4, -0.2) is 42.9 Å². The number of amides is 1. The Hall–Kier alpha value is -0.820. The molecule has 1 aliphatic heterocycles.